The number of anilines is 2. The number of carbonyl (C=O) groups is 2. The van der Waals surface area contributed by atoms with Crippen LogP contribution in [0.3, 0.4) is 0 Å². The number of rotatable bonds is 4. The standard InChI is InChI=1S/C18H15ClF2N2O2/c1-10(24)23(12-6-7-12)16-8-5-11(20)9-15(16)22-18(25)17-13(19)3-2-4-14(17)21/h2-5,8-9,12H,6-7H2,1H3,(H,22,25). The fraction of sp³-hybridized carbons (Fsp3) is 0.222. The van der Waals surface area contributed by atoms with Gasteiger partial charge in [-0.15, -0.1) is 0 Å². The van der Waals surface area contributed by atoms with Crippen molar-refractivity contribution in [1.29, 1.82) is 0 Å². The lowest BCUT2D eigenvalue weighted by Gasteiger charge is -2.24. The summed E-state index contributed by atoms with van der Waals surface area (Å²) in [7, 11) is 0. The highest BCUT2D eigenvalue weighted by molar-refractivity contribution is 6.34. The molecule has 4 nitrogen and oxygen atoms in total. The number of carbonyl (C=O) groups excluding carboxylic acids is 2. The Bertz CT molecular complexity index is 833. The Hall–Kier alpha value is -2.47. The van der Waals surface area contributed by atoms with Crippen molar-refractivity contribution >= 4 is 34.8 Å². The summed E-state index contributed by atoms with van der Waals surface area (Å²) in [6, 6.07) is 7.63. The van der Waals surface area contributed by atoms with Gasteiger partial charge in [0.05, 0.1) is 22.0 Å². The fourth-order valence-electron chi connectivity index (χ4n) is 2.67. The van der Waals surface area contributed by atoms with Crippen LogP contribution < -0.4 is 10.2 Å². The zero-order valence-electron chi connectivity index (χ0n) is 13.4. The zero-order valence-corrected chi connectivity index (χ0v) is 14.1. The van der Waals surface area contributed by atoms with Gasteiger partial charge in [-0.1, -0.05) is 17.7 Å². The number of amides is 2. The largest absolute Gasteiger partial charge is 0.320 e. The average Bonchev–Trinajstić information content (AvgIpc) is 3.34. The molecule has 1 aliphatic rings. The van der Waals surface area contributed by atoms with Crippen molar-refractivity contribution in [2.24, 2.45) is 0 Å². The summed E-state index contributed by atoms with van der Waals surface area (Å²) in [6.07, 6.45) is 1.67. The molecule has 0 spiro atoms. The summed E-state index contributed by atoms with van der Waals surface area (Å²) in [6.45, 7) is 1.40. The first-order valence-corrected chi connectivity index (χ1v) is 8.11. The van der Waals surface area contributed by atoms with Crippen molar-refractivity contribution in [3.8, 4) is 0 Å². The van der Waals surface area contributed by atoms with Crippen LogP contribution in [0.4, 0.5) is 20.2 Å². The predicted octanol–water partition coefficient (Wildman–Crippen LogP) is 4.39. The van der Waals surface area contributed by atoms with Crippen molar-refractivity contribution in [2.75, 3.05) is 10.2 Å². The van der Waals surface area contributed by atoms with Crippen molar-refractivity contribution in [2.45, 2.75) is 25.8 Å². The van der Waals surface area contributed by atoms with Crippen LogP contribution in [0.5, 0.6) is 0 Å². The molecular formula is C18H15ClF2N2O2. The third kappa shape index (κ3) is 3.64. The Morgan fingerprint density at radius 3 is 2.52 bits per heavy atom. The first-order valence-electron chi connectivity index (χ1n) is 7.73. The smallest absolute Gasteiger partial charge is 0.260 e. The number of hydrogen-bond acceptors (Lipinski definition) is 2. The summed E-state index contributed by atoms with van der Waals surface area (Å²) in [5.41, 5.74) is 0.129. The topological polar surface area (TPSA) is 49.4 Å². The lowest BCUT2D eigenvalue weighted by atomic mass is 10.1. The van der Waals surface area contributed by atoms with Gasteiger partial charge in [-0.2, -0.15) is 0 Å². The van der Waals surface area contributed by atoms with Crippen LogP contribution in [0.25, 0.3) is 0 Å². The van der Waals surface area contributed by atoms with Gasteiger partial charge in [0, 0.05) is 13.0 Å². The Kier molecular flexibility index (Phi) is 4.72. The van der Waals surface area contributed by atoms with E-state index in [9.17, 15) is 18.4 Å². The molecule has 0 aromatic heterocycles. The number of benzene rings is 2. The average molecular weight is 365 g/mol. The van der Waals surface area contributed by atoms with Crippen LogP contribution in [0.15, 0.2) is 36.4 Å². The van der Waals surface area contributed by atoms with Gasteiger partial charge in [0.15, 0.2) is 0 Å². The molecule has 25 heavy (non-hydrogen) atoms. The lowest BCUT2D eigenvalue weighted by molar-refractivity contribution is -0.116. The van der Waals surface area contributed by atoms with Gasteiger partial charge in [-0.3, -0.25) is 9.59 Å². The molecule has 2 aromatic rings. The van der Waals surface area contributed by atoms with Crippen LogP contribution in [0.1, 0.15) is 30.1 Å². The Morgan fingerprint density at radius 1 is 1.20 bits per heavy atom. The van der Waals surface area contributed by atoms with E-state index >= 15 is 0 Å². The van der Waals surface area contributed by atoms with E-state index in [4.69, 9.17) is 11.6 Å². The van der Waals surface area contributed by atoms with E-state index in [0.717, 1.165) is 25.0 Å². The van der Waals surface area contributed by atoms with Gasteiger partial charge >= 0.3 is 0 Å². The van der Waals surface area contributed by atoms with Crippen LogP contribution in [0.2, 0.25) is 5.02 Å². The Labute approximate surface area is 148 Å². The van der Waals surface area contributed by atoms with Crippen LogP contribution >= 0.6 is 11.6 Å². The second-order valence-corrected chi connectivity index (χ2v) is 6.24. The number of nitrogens with one attached hydrogen (secondary N) is 1. The molecule has 1 fully saturated rings. The predicted molar refractivity (Wildman–Crippen MR) is 91.9 cm³/mol. The van der Waals surface area contributed by atoms with Gasteiger partial charge in [-0.05, 0) is 43.2 Å². The van der Waals surface area contributed by atoms with Crippen LogP contribution in [-0.2, 0) is 4.79 Å². The molecular weight excluding hydrogens is 350 g/mol. The van der Waals surface area contributed by atoms with Gasteiger partial charge in [0.25, 0.3) is 5.91 Å². The van der Waals surface area contributed by atoms with E-state index in [1.807, 2.05) is 0 Å². The van der Waals surface area contributed by atoms with Crippen molar-refractivity contribution in [1.82, 2.24) is 0 Å². The highest BCUT2D eigenvalue weighted by Crippen LogP contribution is 2.37. The summed E-state index contributed by atoms with van der Waals surface area (Å²) in [4.78, 5) is 25.9. The maximum absolute atomic E-state index is 13.9. The second-order valence-electron chi connectivity index (χ2n) is 5.83. The fourth-order valence-corrected chi connectivity index (χ4v) is 2.92. The van der Waals surface area contributed by atoms with Crippen LogP contribution in [0, 0.1) is 11.6 Å². The van der Waals surface area contributed by atoms with Crippen LogP contribution in [-0.4, -0.2) is 17.9 Å². The maximum Gasteiger partial charge on any atom is 0.260 e. The quantitative estimate of drug-likeness (QED) is 0.874. The van der Waals surface area contributed by atoms with Crippen molar-refractivity contribution in [3.63, 3.8) is 0 Å². The molecule has 0 saturated heterocycles. The van der Waals surface area contributed by atoms with Gasteiger partial charge in [0.2, 0.25) is 5.91 Å². The molecule has 0 radical (unpaired) electrons. The normalized spacial score (nSPS) is 13.4. The second kappa shape index (κ2) is 6.80. The maximum atomic E-state index is 13.9. The molecule has 2 amide bonds. The van der Waals surface area contributed by atoms with E-state index in [-0.39, 0.29) is 28.2 Å². The van der Waals surface area contributed by atoms with Gasteiger partial charge in [-0.25, -0.2) is 8.78 Å². The molecule has 0 aliphatic heterocycles. The number of nitrogens with zero attached hydrogens (tertiary/aromatic N) is 1. The molecule has 2 aromatic carbocycles. The summed E-state index contributed by atoms with van der Waals surface area (Å²) >= 11 is 5.90. The minimum absolute atomic E-state index is 0.0238. The molecule has 130 valence electrons. The molecule has 0 atom stereocenters. The lowest BCUT2D eigenvalue weighted by Crippen LogP contribution is -2.31. The summed E-state index contributed by atoms with van der Waals surface area (Å²) in [5, 5.41) is 2.42. The SMILES string of the molecule is CC(=O)N(c1ccc(F)cc1NC(=O)c1c(F)cccc1Cl)C1CC1. The zero-order chi connectivity index (χ0) is 18.1. The molecule has 0 bridgehead atoms. The van der Waals surface area contributed by atoms with Gasteiger partial charge in [0.1, 0.15) is 11.6 Å². The van der Waals surface area contributed by atoms with E-state index in [0.29, 0.717) is 5.69 Å². The van der Waals surface area contributed by atoms with E-state index < -0.39 is 17.5 Å². The first kappa shape index (κ1) is 17.4. The third-order valence-electron chi connectivity index (χ3n) is 3.91. The number of hydrogen-bond donors (Lipinski definition) is 1. The molecule has 1 N–H and O–H groups in total. The molecule has 3 rings (SSSR count). The Morgan fingerprint density at radius 2 is 1.92 bits per heavy atom. The minimum Gasteiger partial charge on any atom is -0.320 e. The van der Waals surface area contributed by atoms with E-state index in [1.165, 1.54) is 36.1 Å². The Balaban J connectivity index is 1.98. The summed E-state index contributed by atoms with van der Waals surface area (Å²) in [5.74, 6) is -2.39. The molecule has 0 unspecified atom stereocenters. The highest BCUT2D eigenvalue weighted by Gasteiger charge is 2.33. The molecule has 1 saturated carbocycles. The summed E-state index contributed by atoms with van der Waals surface area (Å²) < 4.78 is 27.6. The minimum atomic E-state index is -0.811. The van der Waals surface area contributed by atoms with Gasteiger partial charge < -0.3 is 10.2 Å². The van der Waals surface area contributed by atoms with Crippen molar-refractivity contribution < 1.29 is 18.4 Å². The third-order valence-corrected chi connectivity index (χ3v) is 4.22. The highest BCUT2D eigenvalue weighted by atomic mass is 35.5. The first-order chi connectivity index (χ1) is 11.9. The number of halogens is 3. The van der Waals surface area contributed by atoms with E-state index in [1.54, 1.807) is 0 Å². The van der Waals surface area contributed by atoms with E-state index in [2.05, 4.69) is 5.32 Å². The van der Waals surface area contributed by atoms with Crippen molar-refractivity contribution in [3.05, 3.63) is 58.6 Å². The molecule has 1 aliphatic carbocycles. The monoisotopic (exact) mass is 364 g/mol. The molecule has 0 heterocycles. The molecule has 7 heteroatoms.